The maximum atomic E-state index is 13.2. The van der Waals surface area contributed by atoms with E-state index in [1.165, 1.54) is 13.1 Å². The molecule has 0 saturated heterocycles. The Morgan fingerprint density at radius 2 is 1.89 bits per heavy atom. The number of halogens is 1. The lowest BCUT2D eigenvalue weighted by Gasteiger charge is -2.09. The molecule has 0 fully saturated rings. The van der Waals surface area contributed by atoms with Gasteiger partial charge < -0.3 is 5.73 Å². The average Bonchev–Trinajstić information content (AvgIpc) is 2.32. The number of nitrogens with two attached hydrogens (primary N) is 1. The molecule has 0 unspecified atom stereocenters. The number of nitrogens with one attached hydrogen (secondary N) is 2. The van der Waals surface area contributed by atoms with Crippen molar-refractivity contribution >= 4 is 25.7 Å². The van der Waals surface area contributed by atoms with Crippen LogP contribution in [0.4, 0.5) is 10.1 Å². The normalized spacial score (nSPS) is 12.5. The highest BCUT2D eigenvalue weighted by atomic mass is 32.2. The van der Waals surface area contributed by atoms with Gasteiger partial charge in [-0.1, -0.05) is 6.07 Å². The predicted octanol–water partition coefficient (Wildman–Crippen LogP) is -0.765. The number of nitrogen functional groups attached to an aromatic ring is 1. The molecule has 1 aromatic carbocycles. The highest BCUT2D eigenvalue weighted by Gasteiger charge is 2.19. The first-order valence-corrected chi connectivity index (χ1v) is 8.28. The van der Waals surface area contributed by atoms with Gasteiger partial charge in [0.15, 0.2) is 0 Å². The Morgan fingerprint density at radius 3 is 2.47 bits per heavy atom. The Labute approximate surface area is 111 Å². The van der Waals surface area contributed by atoms with E-state index >= 15 is 0 Å². The van der Waals surface area contributed by atoms with Gasteiger partial charge in [-0.25, -0.2) is 30.7 Å². The van der Waals surface area contributed by atoms with E-state index in [1.807, 2.05) is 9.44 Å². The van der Waals surface area contributed by atoms with Crippen molar-refractivity contribution in [3.8, 4) is 0 Å². The van der Waals surface area contributed by atoms with Crippen LogP contribution in [0.15, 0.2) is 23.1 Å². The Balaban J connectivity index is 2.86. The van der Waals surface area contributed by atoms with Gasteiger partial charge >= 0.3 is 0 Å². The van der Waals surface area contributed by atoms with Gasteiger partial charge in [-0.15, -0.1) is 0 Å². The zero-order chi connectivity index (χ0) is 14.7. The van der Waals surface area contributed by atoms with Crippen LogP contribution >= 0.6 is 0 Å². The number of sulfonamides is 2. The van der Waals surface area contributed by atoms with E-state index in [-0.39, 0.29) is 6.54 Å². The third kappa shape index (κ3) is 4.13. The molecule has 0 amide bonds. The number of benzene rings is 1. The lowest BCUT2D eigenvalue weighted by molar-refractivity contribution is 0.577. The molecule has 0 aliphatic rings. The Hall–Kier alpha value is -1.23. The maximum absolute atomic E-state index is 13.2. The molecule has 7 nitrogen and oxygen atoms in total. The average molecular weight is 311 g/mol. The summed E-state index contributed by atoms with van der Waals surface area (Å²) in [6.07, 6.45) is 0. The predicted molar refractivity (Wildman–Crippen MR) is 68.8 cm³/mol. The van der Waals surface area contributed by atoms with Crippen molar-refractivity contribution in [3.05, 3.63) is 24.0 Å². The smallest absolute Gasteiger partial charge is 0.242 e. The minimum Gasteiger partial charge on any atom is -0.395 e. The second-order valence-electron chi connectivity index (χ2n) is 3.57. The van der Waals surface area contributed by atoms with Crippen LogP contribution in [0.5, 0.6) is 0 Å². The zero-order valence-electron chi connectivity index (χ0n) is 10.1. The second-order valence-corrected chi connectivity index (χ2v) is 7.35. The van der Waals surface area contributed by atoms with Gasteiger partial charge in [-0.3, -0.25) is 0 Å². The number of para-hydroxylation sites is 1. The first kappa shape index (κ1) is 15.8. The summed E-state index contributed by atoms with van der Waals surface area (Å²) in [5.74, 6) is -1.29. The fourth-order valence-corrected chi connectivity index (χ4v) is 3.12. The van der Waals surface area contributed by atoms with E-state index in [4.69, 9.17) is 5.73 Å². The molecule has 0 spiro atoms. The van der Waals surface area contributed by atoms with Gasteiger partial charge in [-0.2, -0.15) is 0 Å². The first-order chi connectivity index (χ1) is 8.69. The minimum atomic E-state index is -4.05. The quantitative estimate of drug-likeness (QED) is 0.597. The SMILES string of the molecule is CNS(=O)(=O)CCNS(=O)(=O)c1cccc(F)c1N. The molecule has 0 aliphatic heterocycles. The van der Waals surface area contributed by atoms with Gasteiger partial charge in [0.05, 0.1) is 11.4 Å². The Bertz CT molecular complexity index is 658. The number of rotatable bonds is 6. The molecule has 0 atom stereocenters. The summed E-state index contributed by atoms with van der Waals surface area (Å²) in [7, 11) is -6.36. The molecule has 10 heteroatoms. The third-order valence-corrected chi connectivity index (χ3v) is 5.16. The van der Waals surface area contributed by atoms with Crippen LogP contribution in [0.1, 0.15) is 0 Å². The van der Waals surface area contributed by atoms with E-state index in [2.05, 4.69) is 0 Å². The number of anilines is 1. The monoisotopic (exact) mass is 311 g/mol. The topological polar surface area (TPSA) is 118 Å². The standard InChI is InChI=1S/C9H14FN3O4S2/c1-12-18(14,15)6-5-13-19(16,17)8-4-2-3-7(10)9(8)11/h2-4,12-13H,5-6,11H2,1H3. The fourth-order valence-electron chi connectivity index (χ4n) is 1.24. The maximum Gasteiger partial charge on any atom is 0.242 e. The Morgan fingerprint density at radius 1 is 1.26 bits per heavy atom. The second kappa shape index (κ2) is 5.82. The van der Waals surface area contributed by atoms with Gasteiger partial charge in [-0.05, 0) is 19.2 Å². The molecular formula is C9H14FN3O4S2. The van der Waals surface area contributed by atoms with Crippen molar-refractivity contribution in [1.82, 2.24) is 9.44 Å². The first-order valence-electron chi connectivity index (χ1n) is 5.14. The summed E-state index contributed by atoms with van der Waals surface area (Å²) in [5.41, 5.74) is 4.82. The summed E-state index contributed by atoms with van der Waals surface area (Å²) >= 11 is 0. The molecule has 0 saturated carbocycles. The van der Waals surface area contributed by atoms with E-state index < -0.39 is 42.2 Å². The molecular weight excluding hydrogens is 297 g/mol. The molecule has 19 heavy (non-hydrogen) atoms. The summed E-state index contributed by atoms with van der Waals surface area (Å²) in [6, 6.07) is 3.36. The fraction of sp³-hybridized carbons (Fsp3) is 0.333. The lowest BCUT2D eigenvalue weighted by atomic mass is 10.3. The van der Waals surface area contributed by atoms with E-state index in [0.29, 0.717) is 0 Å². The van der Waals surface area contributed by atoms with Crippen LogP contribution in [0.2, 0.25) is 0 Å². The van der Waals surface area contributed by atoms with Crippen LogP contribution in [0, 0.1) is 5.82 Å². The van der Waals surface area contributed by atoms with Gasteiger partial charge in [0.1, 0.15) is 10.7 Å². The molecule has 0 aliphatic carbocycles. The summed E-state index contributed by atoms with van der Waals surface area (Å²) in [4.78, 5) is -0.422. The summed E-state index contributed by atoms with van der Waals surface area (Å²) in [5, 5.41) is 0. The van der Waals surface area contributed by atoms with Crippen LogP contribution in [-0.2, 0) is 20.0 Å². The number of hydrogen-bond donors (Lipinski definition) is 3. The van der Waals surface area contributed by atoms with Crippen LogP contribution in [-0.4, -0.2) is 36.2 Å². The number of hydrogen-bond acceptors (Lipinski definition) is 5. The highest BCUT2D eigenvalue weighted by molar-refractivity contribution is 7.90. The van der Waals surface area contributed by atoms with Crippen LogP contribution in [0.25, 0.3) is 0 Å². The van der Waals surface area contributed by atoms with Crippen molar-refractivity contribution < 1.29 is 21.2 Å². The third-order valence-electron chi connectivity index (χ3n) is 2.28. The van der Waals surface area contributed by atoms with Crippen molar-refractivity contribution in [3.63, 3.8) is 0 Å². The van der Waals surface area contributed by atoms with E-state index in [1.54, 1.807) is 0 Å². The van der Waals surface area contributed by atoms with Gasteiger partial charge in [0.2, 0.25) is 20.0 Å². The summed E-state index contributed by atoms with van der Waals surface area (Å²) < 4.78 is 63.1. The van der Waals surface area contributed by atoms with Crippen molar-refractivity contribution in [2.45, 2.75) is 4.90 Å². The molecule has 1 aromatic rings. The Kier molecular flexibility index (Phi) is 4.85. The van der Waals surface area contributed by atoms with Crippen LogP contribution < -0.4 is 15.2 Å². The van der Waals surface area contributed by atoms with E-state index in [0.717, 1.165) is 12.1 Å². The molecule has 108 valence electrons. The molecule has 0 heterocycles. The molecule has 0 bridgehead atoms. The summed E-state index contributed by atoms with van der Waals surface area (Å²) in [6.45, 7) is -0.346. The zero-order valence-corrected chi connectivity index (χ0v) is 11.7. The molecule has 4 N–H and O–H groups in total. The van der Waals surface area contributed by atoms with Crippen molar-refractivity contribution in [2.75, 3.05) is 25.1 Å². The molecule has 1 rings (SSSR count). The van der Waals surface area contributed by atoms with Gasteiger partial charge in [0, 0.05) is 6.54 Å². The molecule has 0 radical (unpaired) electrons. The van der Waals surface area contributed by atoms with Gasteiger partial charge in [0.25, 0.3) is 0 Å². The lowest BCUT2D eigenvalue weighted by Crippen LogP contribution is -2.33. The van der Waals surface area contributed by atoms with Crippen LogP contribution in [0.3, 0.4) is 0 Å². The van der Waals surface area contributed by atoms with Crippen molar-refractivity contribution in [1.29, 1.82) is 0 Å². The largest absolute Gasteiger partial charge is 0.395 e. The molecule has 0 aromatic heterocycles. The highest BCUT2D eigenvalue weighted by Crippen LogP contribution is 2.20. The van der Waals surface area contributed by atoms with Crippen molar-refractivity contribution in [2.24, 2.45) is 0 Å². The minimum absolute atomic E-state index is 0.346. The van der Waals surface area contributed by atoms with E-state index in [9.17, 15) is 21.2 Å².